The Kier molecular flexibility index (Phi) is 1.73. The average molecular weight is 167 g/mol. The van der Waals surface area contributed by atoms with Crippen LogP contribution in [0.4, 0.5) is 0 Å². The first-order valence-corrected chi connectivity index (χ1v) is 4.18. The molecule has 0 heterocycles. The molecule has 0 radical (unpaired) electrons. The van der Waals surface area contributed by atoms with Crippen LogP contribution in [0.2, 0.25) is 0 Å². The van der Waals surface area contributed by atoms with Crippen molar-refractivity contribution in [3.63, 3.8) is 0 Å². The van der Waals surface area contributed by atoms with E-state index in [-0.39, 0.29) is 4.87 Å². The molecule has 1 rings (SSSR count). The second kappa shape index (κ2) is 2.03. The third kappa shape index (κ3) is 1.20. The van der Waals surface area contributed by atoms with Crippen LogP contribution in [0.15, 0.2) is 0 Å². The Morgan fingerprint density at radius 2 is 1.89 bits per heavy atom. The van der Waals surface area contributed by atoms with Gasteiger partial charge in [0.15, 0.2) is 0 Å². The van der Waals surface area contributed by atoms with Crippen LogP contribution in [0.25, 0.3) is 0 Å². The minimum absolute atomic E-state index is 0.0365. The zero-order chi connectivity index (χ0) is 7.12. The molecule has 0 nitrogen and oxygen atoms in total. The fourth-order valence-corrected chi connectivity index (χ4v) is 2.08. The fraction of sp³-hybridized carbons (Fsp3) is 1.00. The lowest BCUT2D eigenvalue weighted by atomic mass is 10.1. The smallest absolute Gasteiger partial charge is 0.0515 e. The molecule has 0 amide bonds. The van der Waals surface area contributed by atoms with Crippen molar-refractivity contribution in [2.45, 2.75) is 31.6 Å². The molecule has 0 aromatic heterocycles. The van der Waals surface area contributed by atoms with E-state index in [1.165, 1.54) is 0 Å². The highest BCUT2D eigenvalue weighted by Gasteiger charge is 2.59. The van der Waals surface area contributed by atoms with Crippen molar-refractivity contribution >= 4 is 23.2 Å². The first-order chi connectivity index (χ1) is 4.02. The predicted molar refractivity (Wildman–Crippen MR) is 42.3 cm³/mol. The van der Waals surface area contributed by atoms with E-state index in [2.05, 4.69) is 13.8 Å². The van der Waals surface area contributed by atoms with E-state index in [0.29, 0.717) is 11.3 Å². The molecule has 0 bridgehead atoms. The van der Waals surface area contributed by atoms with Crippen molar-refractivity contribution in [3.05, 3.63) is 0 Å². The van der Waals surface area contributed by atoms with E-state index >= 15 is 0 Å². The summed E-state index contributed by atoms with van der Waals surface area (Å²) in [6.07, 6.45) is 2.07. The van der Waals surface area contributed by atoms with Gasteiger partial charge < -0.3 is 0 Å². The molecule has 0 aliphatic heterocycles. The maximum Gasteiger partial charge on any atom is 0.0515 e. The number of halogens is 2. The van der Waals surface area contributed by atoms with E-state index in [9.17, 15) is 0 Å². The molecule has 0 saturated heterocycles. The largest absolute Gasteiger partial charge is 0.127 e. The summed E-state index contributed by atoms with van der Waals surface area (Å²) in [5, 5.41) is 0. The van der Waals surface area contributed by atoms with Gasteiger partial charge in [0.25, 0.3) is 0 Å². The second-order valence-electron chi connectivity index (χ2n) is 3.46. The minimum atomic E-state index is 0.0365. The molecule has 1 aliphatic carbocycles. The molecule has 1 atom stereocenters. The summed E-state index contributed by atoms with van der Waals surface area (Å²) in [5.74, 6) is 0.687. The normalized spacial score (nSPS) is 38.7. The van der Waals surface area contributed by atoms with Crippen LogP contribution in [-0.4, -0.2) is 10.8 Å². The molecular formula is C7H12Cl2. The first kappa shape index (κ1) is 7.68. The topological polar surface area (TPSA) is 0 Å². The summed E-state index contributed by atoms with van der Waals surface area (Å²) >= 11 is 11.7. The van der Waals surface area contributed by atoms with Gasteiger partial charge in [0.2, 0.25) is 0 Å². The highest BCUT2D eigenvalue weighted by molar-refractivity contribution is 6.27. The van der Waals surface area contributed by atoms with E-state index < -0.39 is 0 Å². The number of alkyl halides is 2. The van der Waals surface area contributed by atoms with Crippen LogP contribution < -0.4 is 0 Å². The molecular weight excluding hydrogens is 155 g/mol. The average Bonchev–Trinajstić information content (AvgIpc) is 2.07. The van der Waals surface area contributed by atoms with Crippen LogP contribution in [0.1, 0.15) is 26.7 Å². The van der Waals surface area contributed by atoms with Crippen molar-refractivity contribution in [3.8, 4) is 0 Å². The predicted octanol–water partition coefficient (Wildman–Crippen LogP) is 3.02. The second-order valence-corrected chi connectivity index (χ2v) is 4.57. The zero-order valence-corrected chi connectivity index (χ0v) is 7.39. The Morgan fingerprint density at radius 3 is 2.00 bits per heavy atom. The van der Waals surface area contributed by atoms with Crippen molar-refractivity contribution in [1.29, 1.82) is 0 Å². The van der Waals surface area contributed by atoms with E-state index in [4.69, 9.17) is 23.2 Å². The third-order valence-electron chi connectivity index (χ3n) is 2.30. The number of hydrogen-bond donors (Lipinski definition) is 0. The van der Waals surface area contributed by atoms with Crippen LogP contribution in [0.3, 0.4) is 0 Å². The lowest BCUT2D eigenvalue weighted by molar-refractivity contribution is 0.572. The van der Waals surface area contributed by atoms with Crippen molar-refractivity contribution in [2.75, 3.05) is 5.88 Å². The standard InChI is InChI=1S/C7H12Cl2/c1-6(2)5-7(6,9)3-4-8/h3-5H2,1-2H3. The first-order valence-electron chi connectivity index (χ1n) is 3.27. The lowest BCUT2D eigenvalue weighted by Gasteiger charge is -2.08. The summed E-state index contributed by atoms with van der Waals surface area (Å²) in [6, 6.07) is 0. The quantitative estimate of drug-likeness (QED) is 0.554. The summed E-state index contributed by atoms with van der Waals surface area (Å²) in [7, 11) is 0. The lowest BCUT2D eigenvalue weighted by Crippen LogP contribution is -2.07. The zero-order valence-electron chi connectivity index (χ0n) is 5.88. The minimum Gasteiger partial charge on any atom is -0.127 e. The molecule has 9 heavy (non-hydrogen) atoms. The molecule has 2 heteroatoms. The highest BCUT2D eigenvalue weighted by Crippen LogP contribution is 2.62. The Hall–Kier alpha value is 0.580. The highest BCUT2D eigenvalue weighted by atomic mass is 35.5. The summed E-state index contributed by atoms with van der Waals surface area (Å²) in [4.78, 5) is 0.0365. The molecule has 1 fully saturated rings. The molecule has 1 unspecified atom stereocenters. The molecule has 0 aromatic rings. The summed E-state index contributed by atoms with van der Waals surface area (Å²) in [5.41, 5.74) is 0.337. The maximum atomic E-state index is 6.15. The Morgan fingerprint density at radius 1 is 1.44 bits per heavy atom. The van der Waals surface area contributed by atoms with E-state index in [1.807, 2.05) is 0 Å². The molecule has 1 aliphatic rings. The van der Waals surface area contributed by atoms with Crippen LogP contribution in [-0.2, 0) is 0 Å². The SMILES string of the molecule is CC1(C)CC1(Cl)CCCl. The van der Waals surface area contributed by atoms with Gasteiger partial charge in [-0.05, 0) is 18.3 Å². The molecule has 0 spiro atoms. The number of hydrogen-bond acceptors (Lipinski definition) is 0. The molecule has 54 valence electrons. The van der Waals surface area contributed by atoms with Gasteiger partial charge in [-0.1, -0.05) is 13.8 Å². The Bertz CT molecular complexity index is 120. The number of rotatable bonds is 2. The van der Waals surface area contributed by atoms with E-state index in [1.54, 1.807) is 0 Å². The van der Waals surface area contributed by atoms with Gasteiger partial charge in [-0.3, -0.25) is 0 Å². The molecule has 0 N–H and O–H groups in total. The molecule has 0 aromatic carbocycles. The van der Waals surface area contributed by atoms with Gasteiger partial charge in [0.1, 0.15) is 0 Å². The summed E-state index contributed by atoms with van der Waals surface area (Å²) < 4.78 is 0. The van der Waals surface area contributed by atoms with Gasteiger partial charge in [-0.15, -0.1) is 23.2 Å². The summed E-state index contributed by atoms with van der Waals surface area (Å²) in [6.45, 7) is 4.37. The van der Waals surface area contributed by atoms with Crippen molar-refractivity contribution in [2.24, 2.45) is 5.41 Å². The van der Waals surface area contributed by atoms with Crippen LogP contribution in [0, 0.1) is 5.41 Å². The maximum absolute atomic E-state index is 6.15. The van der Waals surface area contributed by atoms with Gasteiger partial charge in [-0.2, -0.15) is 0 Å². The van der Waals surface area contributed by atoms with Gasteiger partial charge in [0.05, 0.1) is 4.87 Å². The fourth-order valence-electron chi connectivity index (χ4n) is 1.23. The van der Waals surface area contributed by atoms with Crippen LogP contribution in [0.5, 0.6) is 0 Å². The van der Waals surface area contributed by atoms with Crippen molar-refractivity contribution < 1.29 is 0 Å². The monoisotopic (exact) mass is 166 g/mol. The van der Waals surface area contributed by atoms with Gasteiger partial charge in [-0.25, -0.2) is 0 Å². The van der Waals surface area contributed by atoms with Crippen LogP contribution >= 0.6 is 23.2 Å². The van der Waals surface area contributed by atoms with Gasteiger partial charge >= 0.3 is 0 Å². The van der Waals surface area contributed by atoms with Crippen molar-refractivity contribution in [1.82, 2.24) is 0 Å². The Balaban J connectivity index is 2.42. The molecule has 1 saturated carbocycles. The van der Waals surface area contributed by atoms with E-state index in [0.717, 1.165) is 12.8 Å². The van der Waals surface area contributed by atoms with Gasteiger partial charge in [0, 0.05) is 5.88 Å². The Labute approximate surface area is 66.5 Å². The third-order valence-corrected chi connectivity index (χ3v) is 3.32.